The maximum atomic E-state index is 6.16. The summed E-state index contributed by atoms with van der Waals surface area (Å²) in [4.78, 5) is 0. The summed E-state index contributed by atoms with van der Waals surface area (Å²) in [5.41, 5.74) is 7.20. The van der Waals surface area contributed by atoms with E-state index in [1.54, 1.807) is 6.07 Å². The zero-order valence-corrected chi connectivity index (χ0v) is 12.6. The lowest BCUT2D eigenvalue weighted by Crippen LogP contribution is -2.10. The van der Waals surface area contributed by atoms with Crippen molar-refractivity contribution in [1.29, 1.82) is 0 Å². The first-order valence-electron chi connectivity index (χ1n) is 6.85. The second-order valence-corrected chi connectivity index (χ2v) is 5.74. The molecule has 0 spiro atoms. The summed E-state index contributed by atoms with van der Waals surface area (Å²) >= 11 is 11.9. The molecule has 2 N–H and O–H groups in total. The van der Waals surface area contributed by atoms with Gasteiger partial charge in [0.25, 0.3) is 0 Å². The van der Waals surface area contributed by atoms with Crippen molar-refractivity contribution in [2.24, 2.45) is 5.73 Å². The van der Waals surface area contributed by atoms with Crippen molar-refractivity contribution in [2.45, 2.75) is 57.9 Å². The van der Waals surface area contributed by atoms with Crippen LogP contribution in [0, 0.1) is 0 Å². The van der Waals surface area contributed by atoms with Crippen LogP contribution in [0.4, 0.5) is 0 Å². The standard InChI is InChI=1S/C15H23Cl2N/c1-2-3-4-5-6-7-8-15(18)12-9-13(16)11-14(17)10-12/h9-11,15H,2-8,18H2,1H3. The van der Waals surface area contributed by atoms with Gasteiger partial charge in [0.15, 0.2) is 0 Å². The lowest BCUT2D eigenvalue weighted by molar-refractivity contribution is 0.547. The van der Waals surface area contributed by atoms with E-state index in [1.165, 1.54) is 38.5 Å². The minimum Gasteiger partial charge on any atom is -0.324 e. The van der Waals surface area contributed by atoms with Gasteiger partial charge < -0.3 is 5.73 Å². The highest BCUT2D eigenvalue weighted by Gasteiger charge is 2.07. The number of benzene rings is 1. The van der Waals surface area contributed by atoms with Crippen molar-refractivity contribution in [2.75, 3.05) is 0 Å². The molecule has 0 amide bonds. The SMILES string of the molecule is CCCCCCCCC(N)c1cc(Cl)cc(Cl)c1. The Hall–Kier alpha value is -0.240. The Morgan fingerprint density at radius 1 is 0.944 bits per heavy atom. The molecule has 0 aliphatic carbocycles. The van der Waals surface area contributed by atoms with E-state index in [4.69, 9.17) is 28.9 Å². The monoisotopic (exact) mass is 287 g/mol. The molecule has 0 aliphatic heterocycles. The predicted molar refractivity (Wildman–Crippen MR) is 81.4 cm³/mol. The van der Waals surface area contributed by atoms with Gasteiger partial charge in [0.2, 0.25) is 0 Å². The summed E-state index contributed by atoms with van der Waals surface area (Å²) in [6.45, 7) is 2.23. The molecule has 1 nitrogen and oxygen atoms in total. The van der Waals surface area contributed by atoms with Crippen molar-refractivity contribution >= 4 is 23.2 Å². The van der Waals surface area contributed by atoms with E-state index >= 15 is 0 Å². The molecular formula is C15H23Cl2N. The molecule has 0 heterocycles. The second-order valence-electron chi connectivity index (χ2n) is 4.87. The van der Waals surface area contributed by atoms with Crippen LogP contribution in [0.1, 0.15) is 63.5 Å². The number of rotatable bonds is 8. The number of hydrogen-bond donors (Lipinski definition) is 1. The zero-order chi connectivity index (χ0) is 13.4. The third-order valence-corrected chi connectivity index (χ3v) is 3.62. The normalized spacial score (nSPS) is 12.7. The molecule has 102 valence electrons. The van der Waals surface area contributed by atoms with Crippen molar-refractivity contribution in [3.8, 4) is 0 Å². The van der Waals surface area contributed by atoms with Crippen LogP contribution < -0.4 is 5.73 Å². The Balaban J connectivity index is 2.29. The molecule has 1 rings (SSSR count). The van der Waals surface area contributed by atoms with Gasteiger partial charge in [0.05, 0.1) is 0 Å². The van der Waals surface area contributed by atoms with Crippen LogP contribution in [-0.2, 0) is 0 Å². The Kier molecular flexibility index (Phi) is 7.73. The molecule has 1 atom stereocenters. The van der Waals surface area contributed by atoms with E-state index in [-0.39, 0.29) is 6.04 Å². The number of hydrogen-bond acceptors (Lipinski definition) is 1. The second kappa shape index (κ2) is 8.79. The van der Waals surface area contributed by atoms with Gasteiger partial charge in [-0.25, -0.2) is 0 Å². The molecule has 18 heavy (non-hydrogen) atoms. The lowest BCUT2D eigenvalue weighted by Gasteiger charge is -2.12. The Labute approximate surface area is 121 Å². The molecule has 0 bridgehead atoms. The largest absolute Gasteiger partial charge is 0.324 e. The van der Waals surface area contributed by atoms with Gasteiger partial charge >= 0.3 is 0 Å². The van der Waals surface area contributed by atoms with E-state index in [0.29, 0.717) is 10.0 Å². The molecule has 1 unspecified atom stereocenters. The summed E-state index contributed by atoms with van der Waals surface area (Å²) in [6.07, 6.45) is 8.74. The topological polar surface area (TPSA) is 26.0 Å². The maximum absolute atomic E-state index is 6.16. The van der Waals surface area contributed by atoms with Crippen LogP contribution in [0.25, 0.3) is 0 Å². The molecule has 3 heteroatoms. The maximum Gasteiger partial charge on any atom is 0.0424 e. The molecule has 0 saturated heterocycles. The fourth-order valence-corrected chi connectivity index (χ4v) is 2.64. The van der Waals surface area contributed by atoms with Crippen LogP contribution in [0.5, 0.6) is 0 Å². The zero-order valence-electron chi connectivity index (χ0n) is 11.1. The Morgan fingerprint density at radius 3 is 2.11 bits per heavy atom. The van der Waals surface area contributed by atoms with E-state index < -0.39 is 0 Å². The number of nitrogens with two attached hydrogens (primary N) is 1. The predicted octanol–water partition coefficient (Wildman–Crippen LogP) is 5.74. The van der Waals surface area contributed by atoms with E-state index in [9.17, 15) is 0 Å². The Bertz CT molecular complexity index is 332. The van der Waals surface area contributed by atoms with Gasteiger partial charge in [0, 0.05) is 16.1 Å². The van der Waals surface area contributed by atoms with Gasteiger partial charge in [-0.1, -0.05) is 68.7 Å². The number of halogens is 2. The smallest absolute Gasteiger partial charge is 0.0424 e. The molecule has 0 saturated carbocycles. The number of unbranched alkanes of at least 4 members (excludes halogenated alkanes) is 5. The van der Waals surface area contributed by atoms with Crippen molar-refractivity contribution in [3.63, 3.8) is 0 Å². The van der Waals surface area contributed by atoms with Crippen molar-refractivity contribution in [3.05, 3.63) is 33.8 Å². The van der Waals surface area contributed by atoms with E-state index in [1.807, 2.05) is 12.1 Å². The molecule has 0 aromatic heterocycles. The molecule has 1 aromatic rings. The van der Waals surface area contributed by atoms with Crippen LogP contribution in [0.15, 0.2) is 18.2 Å². The first-order valence-corrected chi connectivity index (χ1v) is 7.60. The minimum absolute atomic E-state index is 0.0485. The summed E-state index contributed by atoms with van der Waals surface area (Å²) in [6, 6.07) is 5.61. The average Bonchev–Trinajstić information content (AvgIpc) is 2.32. The van der Waals surface area contributed by atoms with Gasteiger partial charge in [-0.3, -0.25) is 0 Å². The van der Waals surface area contributed by atoms with E-state index in [2.05, 4.69) is 6.92 Å². The summed E-state index contributed by atoms with van der Waals surface area (Å²) in [5.74, 6) is 0. The third-order valence-electron chi connectivity index (χ3n) is 3.18. The quantitative estimate of drug-likeness (QED) is 0.606. The Morgan fingerprint density at radius 2 is 1.50 bits per heavy atom. The molecule has 0 radical (unpaired) electrons. The summed E-state index contributed by atoms with van der Waals surface area (Å²) < 4.78 is 0. The fraction of sp³-hybridized carbons (Fsp3) is 0.600. The van der Waals surface area contributed by atoms with Gasteiger partial charge in [-0.2, -0.15) is 0 Å². The summed E-state index contributed by atoms with van der Waals surface area (Å²) in [7, 11) is 0. The van der Waals surface area contributed by atoms with E-state index in [0.717, 1.165) is 12.0 Å². The van der Waals surface area contributed by atoms with Crippen LogP contribution >= 0.6 is 23.2 Å². The van der Waals surface area contributed by atoms with Gasteiger partial charge in [-0.15, -0.1) is 0 Å². The molecule has 0 aliphatic rings. The average molecular weight is 288 g/mol. The molecular weight excluding hydrogens is 265 g/mol. The fourth-order valence-electron chi connectivity index (χ4n) is 2.10. The summed E-state index contributed by atoms with van der Waals surface area (Å²) in [5, 5.41) is 1.33. The van der Waals surface area contributed by atoms with Crippen LogP contribution in [0.2, 0.25) is 10.0 Å². The molecule has 1 aromatic carbocycles. The van der Waals surface area contributed by atoms with Gasteiger partial charge in [0.1, 0.15) is 0 Å². The molecule has 0 fully saturated rings. The van der Waals surface area contributed by atoms with Crippen LogP contribution in [0.3, 0.4) is 0 Å². The lowest BCUT2D eigenvalue weighted by atomic mass is 10.0. The highest BCUT2D eigenvalue weighted by Crippen LogP contribution is 2.25. The minimum atomic E-state index is 0.0485. The van der Waals surface area contributed by atoms with Crippen molar-refractivity contribution in [1.82, 2.24) is 0 Å². The highest BCUT2D eigenvalue weighted by atomic mass is 35.5. The first kappa shape index (κ1) is 15.8. The van der Waals surface area contributed by atoms with Gasteiger partial charge in [-0.05, 0) is 30.2 Å². The van der Waals surface area contributed by atoms with Crippen molar-refractivity contribution < 1.29 is 0 Å². The first-order chi connectivity index (χ1) is 8.63. The highest BCUT2D eigenvalue weighted by molar-refractivity contribution is 6.34. The van der Waals surface area contributed by atoms with Crippen LogP contribution in [-0.4, -0.2) is 0 Å². The third kappa shape index (κ3) is 6.08.